The van der Waals surface area contributed by atoms with Crippen LogP contribution in [-0.2, 0) is 9.53 Å². The maximum Gasteiger partial charge on any atom is 0.252 e. The van der Waals surface area contributed by atoms with Crippen molar-refractivity contribution in [1.29, 1.82) is 0 Å². The van der Waals surface area contributed by atoms with Crippen LogP contribution in [0.2, 0.25) is 0 Å². The minimum absolute atomic E-state index is 0.0286. The van der Waals surface area contributed by atoms with E-state index in [2.05, 4.69) is 15.5 Å². The van der Waals surface area contributed by atoms with Crippen LogP contribution >= 0.6 is 0 Å². The third-order valence-corrected chi connectivity index (χ3v) is 5.79. The van der Waals surface area contributed by atoms with E-state index < -0.39 is 0 Å². The van der Waals surface area contributed by atoms with E-state index in [9.17, 15) is 9.59 Å². The molecule has 2 heterocycles. The monoisotopic (exact) mass is 446 g/mol. The number of rotatable bonds is 8. The lowest BCUT2D eigenvalue weighted by Crippen LogP contribution is -2.38. The number of pyridine rings is 1. The fourth-order valence-corrected chi connectivity index (χ4v) is 3.91. The minimum atomic E-state index is -0.0938. The summed E-state index contributed by atoms with van der Waals surface area (Å²) in [7, 11) is 0. The van der Waals surface area contributed by atoms with Gasteiger partial charge in [-0.05, 0) is 37.2 Å². The van der Waals surface area contributed by atoms with Crippen molar-refractivity contribution in [2.45, 2.75) is 19.8 Å². The first-order valence-electron chi connectivity index (χ1n) is 11.5. The number of nitrogens with one attached hydrogen (secondary N) is 2. The average molecular weight is 447 g/mol. The van der Waals surface area contributed by atoms with Crippen molar-refractivity contribution in [1.82, 2.24) is 15.2 Å². The molecule has 1 aliphatic heterocycles. The van der Waals surface area contributed by atoms with Gasteiger partial charge < -0.3 is 15.4 Å². The second-order valence-electron chi connectivity index (χ2n) is 8.11. The second-order valence-corrected chi connectivity index (χ2v) is 8.11. The molecule has 1 fully saturated rings. The van der Waals surface area contributed by atoms with Gasteiger partial charge in [-0.25, -0.2) is 4.98 Å². The van der Waals surface area contributed by atoms with Crippen LogP contribution in [0.5, 0.6) is 0 Å². The number of hydrogen-bond acceptors (Lipinski definition) is 5. The van der Waals surface area contributed by atoms with Gasteiger partial charge in [-0.3, -0.25) is 14.5 Å². The Labute approximate surface area is 194 Å². The summed E-state index contributed by atoms with van der Waals surface area (Å²) in [4.78, 5) is 31.8. The van der Waals surface area contributed by atoms with Crippen molar-refractivity contribution in [2.75, 3.05) is 44.7 Å². The number of carbonyl (C=O) groups is 2. The summed E-state index contributed by atoms with van der Waals surface area (Å²) in [6.07, 6.45) is 1.32. The van der Waals surface area contributed by atoms with E-state index >= 15 is 0 Å². The van der Waals surface area contributed by atoms with E-state index in [1.165, 1.54) is 0 Å². The van der Waals surface area contributed by atoms with Gasteiger partial charge >= 0.3 is 0 Å². The number of hydrogen-bond donors (Lipinski definition) is 2. The Morgan fingerprint density at radius 3 is 2.58 bits per heavy atom. The molecule has 7 nitrogen and oxygen atoms in total. The number of aromatic nitrogens is 1. The predicted molar refractivity (Wildman–Crippen MR) is 130 cm³/mol. The zero-order valence-electron chi connectivity index (χ0n) is 19.0. The molecule has 33 heavy (non-hydrogen) atoms. The Hall–Kier alpha value is -3.29. The molecule has 7 heteroatoms. The Kier molecular flexibility index (Phi) is 7.65. The van der Waals surface area contributed by atoms with Crippen LogP contribution in [0.25, 0.3) is 22.2 Å². The number of amides is 2. The standard InChI is InChI=1S/C26H30N4O3/c1-2-25(31)28-20-10-8-19(9-11-20)24-18-22(21-6-3-4-7-23(21)29-24)26(32)27-12-5-13-30-14-16-33-17-15-30/h3-4,6-11,18H,2,5,12-17H2,1H3,(H,27,32)(H,28,31). The van der Waals surface area contributed by atoms with Crippen LogP contribution in [0, 0.1) is 0 Å². The second kappa shape index (κ2) is 11.0. The number of morpholine rings is 1. The van der Waals surface area contributed by atoms with Gasteiger partial charge in [0.1, 0.15) is 0 Å². The van der Waals surface area contributed by atoms with Crippen molar-refractivity contribution in [3.63, 3.8) is 0 Å². The number of ether oxygens (including phenoxy) is 1. The van der Waals surface area contributed by atoms with Crippen LogP contribution in [0.4, 0.5) is 5.69 Å². The first-order valence-corrected chi connectivity index (χ1v) is 11.5. The quantitative estimate of drug-likeness (QED) is 0.516. The van der Waals surface area contributed by atoms with Crippen molar-refractivity contribution in [2.24, 2.45) is 0 Å². The van der Waals surface area contributed by atoms with E-state index in [0.29, 0.717) is 18.5 Å². The molecule has 0 unspecified atom stereocenters. The van der Waals surface area contributed by atoms with E-state index in [1.54, 1.807) is 0 Å². The highest BCUT2D eigenvalue weighted by molar-refractivity contribution is 6.07. The van der Waals surface area contributed by atoms with Gasteiger partial charge in [0.2, 0.25) is 5.91 Å². The maximum absolute atomic E-state index is 13.1. The maximum atomic E-state index is 13.1. The molecule has 0 atom stereocenters. The molecule has 0 saturated carbocycles. The fraction of sp³-hybridized carbons (Fsp3) is 0.346. The summed E-state index contributed by atoms with van der Waals surface area (Å²) < 4.78 is 5.38. The number of anilines is 1. The van der Waals surface area contributed by atoms with E-state index in [4.69, 9.17) is 9.72 Å². The van der Waals surface area contributed by atoms with Gasteiger partial charge in [-0.15, -0.1) is 0 Å². The largest absolute Gasteiger partial charge is 0.379 e. The summed E-state index contributed by atoms with van der Waals surface area (Å²) in [5.41, 5.74) is 3.74. The highest BCUT2D eigenvalue weighted by Crippen LogP contribution is 2.26. The summed E-state index contributed by atoms with van der Waals surface area (Å²) in [6.45, 7) is 6.85. The molecular weight excluding hydrogens is 416 g/mol. The predicted octanol–water partition coefficient (Wildman–Crippen LogP) is 3.70. The molecule has 3 aromatic rings. The Balaban J connectivity index is 1.49. The lowest BCUT2D eigenvalue weighted by molar-refractivity contribution is -0.115. The van der Waals surface area contributed by atoms with Crippen molar-refractivity contribution >= 4 is 28.4 Å². The molecule has 1 aliphatic rings. The molecule has 0 aliphatic carbocycles. The number of benzene rings is 2. The van der Waals surface area contributed by atoms with E-state index in [1.807, 2.05) is 61.5 Å². The Bertz CT molecular complexity index is 1110. The van der Waals surface area contributed by atoms with Crippen molar-refractivity contribution in [3.8, 4) is 11.3 Å². The highest BCUT2D eigenvalue weighted by Gasteiger charge is 2.15. The summed E-state index contributed by atoms with van der Waals surface area (Å²) in [5.74, 6) is -0.122. The smallest absolute Gasteiger partial charge is 0.252 e. The fourth-order valence-electron chi connectivity index (χ4n) is 3.91. The van der Waals surface area contributed by atoms with E-state index in [0.717, 1.165) is 67.1 Å². The van der Waals surface area contributed by atoms with E-state index in [-0.39, 0.29) is 11.8 Å². The summed E-state index contributed by atoms with van der Waals surface area (Å²) in [6, 6.07) is 17.1. The molecule has 1 aromatic heterocycles. The average Bonchev–Trinajstić information content (AvgIpc) is 2.86. The van der Waals surface area contributed by atoms with Crippen LogP contribution in [-0.4, -0.2) is 61.1 Å². The number of fused-ring (bicyclic) bond motifs is 1. The molecule has 2 aromatic carbocycles. The van der Waals surface area contributed by atoms with Crippen molar-refractivity contribution in [3.05, 3.63) is 60.2 Å². The third-order valence-electron chi connectivity index (χ3n) is 5.79. The zero-order valence-corrected chi connectivity index (χ0v) is 19.0. The topological polar surface area (TPSA) is 83.6 Å². The number of nitrogens with zero attached hydrogens (tertiary/aromatic N) is 2. The van der Waals surface area contributed by atoms with Crippen LogP contribution in [0.15, 0.2) is 54.6 Å². The Morgan fingerprint density at radius 2 is 1.82 bits per heavy atom. The summed E-state index contributed by atoms with van der Waals surface area (Å²) >= 11 is 0. The third kappa shape index (κ3) is 5.94. The van der Waals surface area contributed by atoms with Gasteiger partial charge in [0.05, 0.1) is 30.0 Å². The van der Waals surface area contributed by atoms with Gasteiger partial charge in [0.25, 0.3) is 5.91 Å². The molecule has 0 spiro atoms. The minimum Gasteiger partial charge on any atom is -0.379 e. The molecule has 0 bridgehead atoms. The van der Waals surface area contributed by atoms with Crippen LogP contribution in [0.1, 0.15) is 30.1 Å². The van der Waals surface area contributed by atoms with Gasteiger partial charge in [0, 0.05) is 42.7 Å². The molecule has 4 rings (SSSR count). The van der Waals surface area contributed by atoms with Gasteiger partial charge in [-0.2, -0.15) is 0 Å². The molecule has 2 amide bonds. The van der Waals surface area contributed by atoms with Gasteiger partial charge in [-0.1, -0.05) is 37.3 Å². The molecule has 2 N–H and O–H groups in total. The SMILES string of the molecule is CCC(=O)Nc1ccc(-c2cc(C(=O)NCCCN3CCOCC3)c3ccccc3n2)cc1. The van der Waals surface area contributed by atoms with Crippen molar-refractivity contribution < 1.29 is 14.3 Å². The summed E-state index contributed by atoms with van der Waals surface area (Å²) in [5, 5.41) is 6.75. The highest BCUT2D eigenvalue weighted by atomic mass is 16.5. The first-order chi connectivity index (χ1) is 16.1. The Morgan fingerprint density at radius 1 is 1.06 bits per heavy atom. The molecular formula is C26H30N4O3. The lowest BCUT2D eigenvalue weighted by atomic mass is 10.0. The van der Waals surface area contributed by atoms with Gasteiger partial charge in [0.15, 0.2) is 0 Å². The number of carbonyl (C=O) groups excluding carboxylic acids is 2. The number of para-hydroxylation sites is 1. The molecule has 0 radical (unpaired) electrons. The molecule has 172 valence electrons. The first kappa shape index (κ1) is 22.9. The van der Waals surface area contributed by atoms with Crippen LogP contribution < -0.4 is 10.6 Å². The zero-order chi connectivity index (χ0) is 23.0. The lowest BCUT2D eigenvalue weighted by Gasteiger charge is -2.26. The normalized spacial score (nSPS) is 14.2. The van der Waals surface area contributed by atoms with Crippen LogP contribution in [0.3, 0.4) is 0 Å². The molecule has 1 saturated heterocycles.